The zero-order valence-corrected chi connectivity index (χ0v) is 34.1. The summed E-state index contributed by atoms with van der Waals surface area (Å²) in [6, 6.07) is 14.6. The predicted octanol–water partition coefficient (Wildman–Crippen LogP) is 12.3. The molecule has 8 nitrogen and oxygen atoms in total. The number of hydrogen-bond acceptors (Lipinski definition) is 4. The molecule has 2 saturated heterocycles. The van der Waals surface area contributed by atoms with Crippen molar-refractivity contribution in [3.63, 3.8) is 0 Å². The number of benzene rings is 2. The zero-order valence-electron chi connectivity index (χ0n) is 34.1. The van der Waals surface area contributed by atoms with Gasteiger partial charge in [-0.05, 0) is 37.1 Å². The largest absolute Gasteiger partial charge is 0.494 e. The molecule has 4 N–H and O–H groups in total. The van der Waals surface area contributed by atoms with Crippen LogP contribution in [0.4, 0.5) is 9.59 Å². The van der Waals surface area contributed by atoms with Crippen molar-refractivity contribution in [1.29, 1.82) is 0 Å². The summed E-state index contributed by atoms with van der Waals surface area (Å²) >= 11 is 0. The third-order valence-corrected chi connectivity index (χ3v) is 11.4. The van der Waals surface area contributed by atoms with E-state index in [1.54, 1.807) is 0 Å². The minimum absolute atomic E-state index is 0.368. The lowest BCUT2D eigenvalue weighted by molar-refractivity contribution is 0.208. The van der Waals surface area contributed by atoms with E-state index in [1.807, 2.05) is 48.5 Å². The molecule has 2 aliphatic heterocycles. The molecular weight excluding hydrogens is 673 g/mol. The summed E-state index contributed by atoms with van der Waals surface area (Å²) in [5.41, 5.74) is -0.942. The Kier molecular flexibility index (Phi) is 20.0. The van der Waals surface area contributed by atoms with Crippen molar-refractivity contribution >= 4 is 12.1 Å². The summed E-state index contributed by atoms with van der Waals surface area (Å²) in [6.07, 6.45) is 34.4. The Morgan fingerprint density at radius 3 is 0.870 bits per heavy atom. The zero-order chi connectivity index (χ0) is 38.2. The first-order chi connectivity index (χ1) is 26.5. The van der Waals surface area contributed by atoms with Crippen LogP contribution in [0.5, 0.6) is 11.5 Å². The van der Waals surface area contributed by atoms with Gasteiger partial charge >= 0.3 is 12.1 Å². The Hall–Kier alpha value is -3.42. The van der Waals surface area contributed by atoms with Gasteiger partial charge < -0.3 is 30.7 Å². The Balaban J connectivity index is 1.15. The molecule has 0 radical (unpaired) electrons. The quantitative estimate of drug-likeness (QED) is 0.0560. The van der Waals surface area contributed by atoms with E-state index in [1.165, 1.54) is 154 Å². The monoisotopic (exact) mass is 747 g/mol. The lowest BCUT2D eigenvalue weighted by Gasteiger charge is -2.37. The van der Waals surface area contributed by atoms with Crippen molar-refractivity contribution in [2.75, 3.05) is 13.2 Å². The number of nitrogens with one attached hydrogen (secondary N) is 4. The highest BCUT2D eigenvalue weighted by Crippen LogP contribution is 2.44. The van der Waals surface area contributed by atoms with Crippen molar-refractivity contribution in [2.24, 2.45) is 0 Å². The van der Waals surface area contributed by atoms with Crippen LogP contribution >= 0.6 is 0 Å². The fourth-order valence-electron chi connectivity index (χ4n) is 8.12. The normalized spacial score (nSPS) is 18.9. The number of carbonyl (C=O) groups is 2. The number of rotatable bonds is 32. The average molecular weight is 747 g/mol. The van der Waals surface area contributed by atoms with Gasteiger partial charge in [-0.25, -0.2) is 9.59 Å². The molecule has 4 amide bonds. The van der Waals surface area contributed by atoms with Crippen molar-refractivity contribution in [3.05, 3.63) is 59.7 Å². The van der Waals surface area contributed by atoms with E-state index in [9.17, 15) is 9.59 Å². The van der Waals surface area contributed by atoms with Crippen molar-refractivity contribution in [1.82, 2.24) is 21.3 Å². The maximum Gasteiger partial charge on any atom is 0.319 e. The second-order valence-corrected chi connectivity index (χ2v) is 15.9. The van der Waals surface area contributed by atoms with E-state index < -0.39 is 11.3 Å². The van der Waals surface area contributed by atoms with Crippen LogP contribution in [0.3, 0.4) is 0 Å². The van der Waals surface area contributed by atoms with Crippen LogP contribution in [0.2, 0.25) is 0 Å². The molecule has 0 aromatic heterocycles. The lowest BCUT2D eigenvalue weighted by atomic mass is 9.83. The Labute approximate surface area is 328 Å². The molecule has 0 saturated carbocycles. The van der Waals surface area contributed by atoms with E-state index in [4.69, 9.17) is 9.47 Å². The SMILES string of the molecule is CCCCCCCCCCCCCCCOc1ccc(C23NC(=O)NC2(c2ccc(OCCCCCCCCCCCCCCC)cc2)NC(=O)N3)cc1. The van der Waals surface area contributed by atoms with Gasteiger partial charge in [0.15, 0.2) is 11.3 Å². The average Bonchev–Trinajstić information content (AvgIpc) is 3.62. The maximum atomic E-state index is 12.9. The summed E-state index contributed by atoms with van der Waals surface area (Å²) in [5, 5.41) is 12.1. The molecule has 2 fully saturated rings. The second-order valence-electron chi connectivity index (χ2n) is 15.9. The number of unbranched alkanes of at least 4 members (excludes halogenated alkanes) is 24. The summed E-state index contributed by atoms with van der Waals surface area (Å²) in [4.78, 5) is 25.8. The van der Waals surface area contributed by atoms with Crippen molar-refractivity contribution < 1.29 is 19.1 Å². The van der Waals surface area contributed by atoms with Gasteiger partial charge in [-0.3, -0.25) is 0 Å². The molecule has 2 aliphatic rings. The van der Waals surface area contributed by atoms with Crippen LogP contribution in [0, 0.1) is 0 Å². The summed E-state index contributed by atoms with van der Waals surface area (Å²) in [7, 11) is 0. The van der Waals surface area contributed by atoms with Crippen LogP contribution in [0.1, 0.15) is 192 Å². The molecule has 2 aromatic rings. The first kappa shape index (κ1) is 43.3. The van der Waals surface area contributed by atoms with Gasteiger partial charge in [-0.2, -0.15) is 0 Å². The smallest absolute Gasteiger partial charge is 0.319 e. The van der Waals surface area contributed by atoms with E-state index in [2.05, 4.69) is 35.1 Å². The first-order valence-electron chi connectivity index (χ1n) is 22.2. The van der Waals surface area contributed by atoms with Gasteiger partial charge in [0.25, 0.3) is 0 Å². The maximum absolute atomic E-state index is 12.9. The van der Waals surface area contributed by atoms with Crippen molar-refractivity contribution in [3.8, 4) is 11.5 Å². The first-order valence-corrected chi connectivity index (χ1v) is 22.2. The van der Waals surface area contributed by atoms with Crippen molar-refractivity contribution in [2.45, 2.75) is 192 Å². The van der Waals surface area contributed by atoms with Crippen LogP contribution in [-0.2, 0) is 11.3 Å². The number of urea groups is 2. The molecule has 0 aliphatic carbocycles. The standard InChI is InChI=1S/C46H74N4O4/c1-3-5-7-9-11-13-15-17-19-21-23-25-27-37-53-41-33-29-39(30-34-41)45-46(49-43(51)47-45,50-44(52)48-45)40-31-35-42(36-32-40)54-38-28-26-24-22-20-18-16-14-12-10-8-6-4-2/h29-36H,3-28,37-38H2,1-2H3,(H2,47,49,51)(H2,48,50,52). The third-order valence-electron chi connectivity index (χ3n) is 11.4. The number of carbonyl (C=O) groups excluding carboxylic acids is 2. The molecule has 2 aromatic carbocycles. The minimum atomic E-state index is -1.22. The fourth-order valence-corrected chi connectivity index (χ4v) is 8.12. The number of fused-ring (bicyclic) bond motifs is 1. The molecular formula is C46H74N4O4. The predicted molar refractivity (Wildman–Crippen MR) is 222 cm³/mol. The highest BCUT2D eigenvalue weighted by molar-refractivity contribution is 5.89. The third kappa shape index (κ3) is 13.7. The highest BCUT2D eigenvalue weighted by atomic mass is 16.5. The van der Waals surface area contributed by atoms with Gasteiger partial charge in [0, 0.05) is 11.1 Å². The summed E-state index contributed by atoms with van der Waals surface area (Å²) in [5.74, 6) is 1.55. The van der Waals surface area contributed by atoms with E-state index in [0.717, 1.165) is 35.5 Å². The van der Waals surface area contributed by atoms with E-state index in [0.29, 0.717) is 13.2 Å². The van der Waals surface area contributed by atoms with E-state index >= 15 is 0 Å². The Bertz CT molecular complexity index is 1200. The Morgan fingerprint density at radius 2 is 0.611 bits per heavy atom. The summed E-state index contributed by atoms with van der Waals surface area (Å²) < 4.78 is 12.1. The lowest BCUT2D eigenvalue weighted by Crippen LogP contribution is -2.60. The molecule has 2 heterocycles. The number of amides is 4. The second kappa shape index (κ2) is 24.9. The van der Waals surface area contributed by atoms with Crippen LogP contribution in [0.15, 0.2) is 48.5 Å². The Morgan fingerprint density at radius 1 is 0.370 bits per heavy atom. The molecule has 8 heteroatoms. The molecule has 0 bridgehead atoms. The molecule has 4 rings (SSSR count). The molecule has 0 spiro atoms. The summed E-state index contributed by atoms with van der Waals surface area (Å²) in [6.45, 7) is 5.90. The van der Waals surface area contributed by atoms with Gasteiger partial charge in [0.1, 0.15) is 11.5 Å². The van der Waals surface area contributed by atoms with Crippen LogP contribution < -0.4 is 30.7 Å². The van der Waals surface area contributed by atoms with Crippen LogP contribution in [0.25, 0.3) is 0 Å². The minimum Gasteiger partial charge on any atom is -0.494 e. The van der Waals surface area contributed by atoms with E-state index in [-0.39, 0.29) is 12.1 Å². The highest BCUT2D eigenvalue weighted by Gasteiger charge is 2.66. The van der Waals surface area contributed by atoms with Gasteiger partial charge in [0.05, 0.1) is 13.2 Å². The number of ether oxygens (including phenoxy) is 2. The molecule has 54 heavy (non-hydrogen) atoms. The van der Waals surface area contributed by atoms with Gasteiger partial charge in [-0.15, -0.1) is 0 Å². The van der Waals surface area contributed by atoms with Gasteiger partial charge in [0.2, 0.25) is 0 Å². The van der Waals surface area contributed by atoms with Crippen LogP contribution in [-0.4, -0.2) is 25.3 Å². The molecule has 0 unspecified atom stereocenters. The molecule has 0 atom stereocenters. The van der Waals surface area contributed by atoms with Gasteiger partial charge in [-0.1, -0.05) is 192 Å². The number of hydrogen-bond donors (Lipinski definition) is 4. The molecule has 302 valence electrons. The fraction of sp³-hybridized carbons (Fsp3) is 0.696. The topological polar surface area (TPSA) is 101 Å².